The Balaban J connectivity index is 1.59. The number of benzene rings is 1. The minimum atomic E-state index is -4.60. The van der Waals surface area contributed by atoms with Crippen LogP contribution < -0.4 is 15.5 Å². The molecule has 2 heterocycles. The Morgan fingerprint density at radius 3 is 2.64 bits per heavy atom. The molecule has 1 aliphatic heterocycles. The molecule has 1 aliphatic rings. The van der Waals surface area contributed by atoms with E-state index in [2.05, 4.69) is 25.5 Å². The second kappa shape index (κ2) is 8.64. The molecule has 1 saturated heterocycles. The molecule has 0 aliphatic carbocycles. The number of nitrogens with zero attached hydrogens (tertiary/aromatic N) is 3. The van der Waals surface area contributed by atoms with Crippen molar-refractivity contribution in [3.63, 3.8) is 0 Å². The summed E-state index contributed by atoms with van der Waals surface area (Å²) in [6, 6.07) is 4.22. The predicted molar refractivity (Wildman–Crippen MR) is 100 cm³/mol. The molecule has 1 fully saturated rings. The molecular weight excluding hydrogens is 395 g/mol. The number of carbonyl (C=O) groups excluding carboxylic acids is 1. The maximum atomic E-state index is 12.9. The van der Waals surface area contributed by atoms with Crippen molar-refractivity contribution in [3.05, 3.63) is 46.7 Å². The quantitative estimate of drug-likeness (QED) is 0.776. The van der Waals surface area contributed by atoms with Gasteiger partial charge in [-0.2, -0.15) is 13.2 Å². The summed E-state index contributed by atoms with van der Waals surface area (Å²) in [6.07, 6.45) is 0.404. The minimum absolute atomic E-state index is 0.00841. The van der Waals surface area contributed by atoms with Gasteiger partial charge in [0, 0.05) is 25.0 Å². The Morgan fingerprint density at radius 2 is 1.93 bits per heavy atom. The van der Waals surface area contributed by atoms with E-state index < -0.39 is 22.8 Å². The van der Waals surface area contributed by atoms with Gasteiger partial charge < -0.3 is 15.5 Å². The second-order valence-corrected chi connectivity index (χ2v) is 6.80. The number of amides is 2. The number of anilines is 2. The van der Waals surface area contributed by atoms with Crippen molar-refractivity contribution in [2.45, 2.75) is 32.0 Å². The Kier molecular flexibility index (Phi) is 6.23. The number of urea groups is 1. The average Bonchev–Trinajstić information content (AvgIpc) is 2.68. The summed E-state index contributed by atoms with van der Waals surface area (Å²) in [5.41, 5.74) is -0.405. The summed E-state index contributed by atoms with van der Waals surface area (Å²) < 4.78 is 38.7. The molecule has 0 unspecified atom stereocenters. The van der Waals surface area contributed by atoms with Gasteiger partial charge in [0.2, 0.25) is 5.95 Å². The molecule has 0 radical (unpaired) electrons. The molecule has 0 spiro atoms. The van der Waals surface area contributed by atoms with E-state index in [9.17, 15) is 18.0 Å². The molecule has 0 saturated carbocycles. The molecule has 150 valence electrons. The molecule has 2 N–H and O–H groups in total. The highest BCUT2D eigenvalue weighted by Crippen LogP contribution is 2.36. The van der Waals surface area contributed by atoms with Crippen molar-refractivity contribution < 1.29 is 18.0 Å². The monoisotopic (exact) mass is 413 g/mol. The van der Waals surface area contributed by atoms with Gasteiger partial charge in [-0.1, -0.05) is 11.6 Å². The fraction of sp³-hybridized carbons (Fsp3) is 0.389. The molecule has 6 nitrogen and oxygen atoms in total. The second-order valence-electron chi connectivity index (χ2n) is 6.40. The van der Waals surface area contributed by atoms with Gasteiger partial charge in [0.25, 0.3) is 0 Å². The number of alkyl halides is 3. The van der Waals surface area contributed by atoms with Crippen LogP contribution in [0.4, 0.5) is 29.6 Å². The van der Waals surface area contributed by atoms with Crippen molar-refractivity contribution in [1.29, 1.82) is 0 Å². The van der Waals surface area contributed by atoms with Gasteiger partial charge in [0.15, 0.2) is 0 Å². The molecule has 3 rings (SSSR count). The summed E-state index contributed by atoms with van der Waals surface area (Å²) in [4.78, 5) is 22.8. The zero-order valence-electron chi connectivity index (χ0n) is 14.9. The first-order valence-corrected chi connectivity index (χ1v) is 9.19. The highest BCUT2D eigenvalue weighted by atomic mass is 35.5. The SMILES string of the molecule is O=C(NCc1ccnc(N2CCCCC2)n1)Nc1ccc(Cl)c(C(F)(F)F)c1. The largest absolute Gasteiger partial charge is 0.417 e. The lowest BCUT2D eigenvalue weighted by Gasteiger charge is -2.26. The fourth-order valence-corrected chi connectivity index (χ4v) is 3.12. The minimum Gasteiger partial charge on any atom is -0.341 e. The summed E-state index contributed by atoms with van der Waals surface area (Å²) in [6.45, 7) is 1.92. The smallest absolute Gasteiger partial charge is 0.341 e. The van der Waals surface area contributed by atoms with Crippen molar-refractivity contribution >= 4 is 29.3 Å². The molecule has 2 aromatic rings. The predicted octanol–water partition coefficient (Wildman–Crippen LogP) is 4.46. The molecule has 10 heteroatoms. The number of carbonyl (C=O) groups is 1. The molecule has 1 aromatic carbocycles. The normalized spacial score (nSPS) is 14.6. The molecular formula is C18H19ClF3N5O. The summed E-state index contributed by atoms with van der Waals surface area (Å²) in [7, 11) is 0. The van der Waals surface area contributed by atoms with Gasteiger partial charge in [0.1, 0.15) is 0 Å². The lowest BCUT2D eigenvalue weighted by Crippen LogP contribution is -2.32. The first kappa shape index (κ1) is 20.2. The molecule has 28 heavy (non-hydrogen) atoms. The third-order valence-corrected chi connectivity index (χ3v) is 4.63. The van der Waals surface area contributed by atoms with E-state index >= 15 is 0 Å². The van der Waals surface area contributed by atoms with Crippen LogP contribution in [0.15, 0.2) is 30.5 Å². The van der Waals surface area contributed by atoms with Gasteiger partial charge in [0.05, 0.1) is 22.8 Å². The van der Waals surface area contributed by atoms with Crippen LogP contribution in [-0.2, 0) is 12.7 Å². The van der Waals surface area contributed by atoms with Crippen LogP contribution >= 0.6 is 11.6 Å². The summed E-state index contributed by atoms with van der Waals surface area (Å²) in [5, 5.41) is 4.52. The van der Waals surface area contributed by atoms with Crippen LogP contribution in [-0.4, -0.2) is 29.1 Å². The number of halogens is 4. The fourth-order valence-electron chi connectivity index (χ4n) is 2.90. The summed E-state index contributed by atoms with van der Waals surface area (Å²) >= 11 is 5.57. The van der Waals surface area contributed by atoms with Crippen LogP contribution in [0.2, 0.25) is 5.02 Å². The number of hydrogen-bond acceptors (Lipinski definition) is 4. The van der Waals surface area contributed by atoms with E-state index in [0.29, 0.717) is 11.6 Å². The van der Waals surface area contributed by atoms with Gasteiger partial charge in [-0.05, 0) is 43.5 Å². The topological polar surface area (TPSA) is 70.2 Å². The lowest BCUT2D eigenvalue weighted by atomic mass is 10.1. The molecule has 2 amide bonds. The Labute approximate surface area is 165 Å². The number of hydrogen-bond donors (Lipinski definition) is 2. The zero-order valence-corrected chi connectivity index (χ0v) is 15.6. The van der Waals surface area contributed by atoms with E-state index in [1.807, 2.05) is 0 Å². The lowest BCUT2D eigenvalue weighted by molar-refractivity contribution is -0.137. The maximum absolute atomic E-state index is 12.9. The summed E-state index contributed by atoms with van der Waals surface area (Å²) in [5.74, 6) is 0.618. The van der Waals surface area contributed by atoms with Gasteiger partial charge >= 0.3 is 12.2 Å². The number of aromatic nitrogens is 2. The van der Waals surface area contributed by atoms with Crippen molar-refractivity contribution in [3.8, 4) is 0 Å². The van der Waals surface area contributed by atoms with Gasteiger partial charge in [-0.15, -0.1) is 0 Å². The maximum Gasteiger partial charge on any atom is 0.417 e. The molecule has 1 aromatic heterocycles. The van der Waals surface area contributed by atoms with Crippen molar-refractivity contribution in [2.24, 2.45) is 0 Å². The van der Waals surface area contributed by atoms with Crippen LogP contribution in [0.5, 0.6) is 0 Å². The standard InChI is InChI=1S/C18H19ClF3N5O/c19-15-5-4-12(10-14(15)18(20,21)22)26-17(28)24-11-13-6-7-23-16(25-13)27-8-2-1-3-9-27/h4-7,10H,1-3,8-9,11H2,(H2,24,26,28). The third-order valence-electron chi connectivity index (χ3n) is 4.30. The number of piperidine rings is 1. The third kappa shape index (κ3) is 5.25. The van der Waals surface area contributed by atoms with E-state index in [-0.39, 0.29) is 12.2 Å². The van der Waals surface area contributed by atoms with E-state index in [1.165, 1.54) is 12.5 Å². The zero-order chi connectivity index (χ0) is 20.1. The molecule has 0 atom stereocenters. The Hall–Kier alpha value is -2.55. The van der Waals surface area contributed by atoms with E-state index in [1.54, 1.807) is 12.3 Å². The van der Waals surface area contributed by atoms with E-state index in [4.69, 9.17) is 11.6 Å². The highest BCUT2D eigenvalue weighted by molar-refractivity contribution is 6.31. The van der Waals surface area contributed by atoms with Crippen LogP contribution in [0.1, 0.15) is 30.5 Å². The van der Waals surface area contributed by atoms with Gasteiger partial charge in [-0.25, -0.2) is 14.8 Å². The van der Waals surface area contributed by atoms with Crippen LogP contribution in [0, 0.1) is 0 Å². The van der Waals surface area contributed by atoms with Crippen molar-refractivity contribution in [1.82, 2.24) is 15.3 Å². The first-order chi connectivity index (χ1) is 13.3. The molecule has 0 bridgehead atoms. The Bertz CT molecular complexity index is 840. The van der Waals surface area contributed by atoms with Crippen molar-refractivity contribution in [2.75, 3.05) is 23.3 Å². The van der Waals surface area contributed by atoms with Crippen LogP contribution in [0.3, 0.4) is 0 Å². The average molecular weight is 414 g/mol. The highest BCUT2D eigenvalue weighted by Gasteiger charge is 2.33. The van der Waals surface area contributed by atoms with Gasteiger partial charge in [-0.3, -0.25) is 0 Å². The first-order valence-electron chi connectivity index (χ1n) is 8.81. The number of nitrogens with one attached hydrogen (secondary N) is 2. The Morgan fingerprint density at radius 1 is 1.18 bits per heavy atom. The number of rotatable bonds is 4. The van der Waals surface area contributed by atoms with Crippen LogP contribution in [0.25, 0.3) is 0 Å². The van der Waals surface area contributed by atoms with E-state index in [0.717, 1.165) is 38.1 Å².